The lowest BCUT2D eigenvalue weighted by atomic mass is 10.3. The van der Waals surface area contributed by atoms with Crippen molar-refractivity contribution >= 4 is 23.0 Å². The van der Waals surface area contributed by atoms with Crippen LogP contribution in [0, 0.1) is 6.92 Å². The summed E-state index contributed by atoms with van der Waals surface area (Å²) in [6.45, 7) is 2.44. The zero-order valence-corrected chi connectivity index (χ0v) is 10.7. The topological polar surface area (TPSA) is 89.9 Å². The molecular weight excluding hydrogens is 250 g/mol. The molecule has 94 valence electrons. The maximum absolute atomic E-state index is 5.49. The average Bonchev–Trinajstić information content (AvgIpc) is 2.76. The number of nitrogens with zero attached hydrogens (tertiary/aromatic N) is 3. The van der Waals surface area contributed by atoms with E-state index in [4.69, 9.17) is 22.5 Å². The number of aromatic nitrogens is 3. The minimum atomic E-state index is 0.344. The molecule has 0 atom stereocenters. The molecule has 0 aliphatic carbocycles. The lowest BCUT2D eigenvalue weighted by molar-refractivity contribution is 0.387. The number of nitrogens with two attached hydrogens (primary N) is 1. The number of nitrogens with one attached hydrogen (secondary N) is 1. The Morgan fingerprint density at radius 1 is 1.50 bits per heavy atom. The molecule has 2 aromatic rings. The van der Waals surface area contributed by atoms with Gasteiger partial charge in [0.2, 0.25) is 5.89 Å². The van der Waals surface area contributed by atoms with E-state index >= 15 is 0 Å². The van der Waals surface area contributed by atoms with Crippen LogP contribution in [-0.4, -0.2) is 26.7 Å². The van der Waals surface area contributed by atoms with Crippen molar-refractivity contribution in [3.05, 3.63) is 35.6 Å². The molecule has 0 spiro atoms. The fraction of sp³-hybridized carbons (Fsp3) is 0.273. The van der Waals surface area contributed by atoms with E-state index in [1.165, 1.54) is 0 Å². The molecule has 6 nitrogen and oxygen atoms in total. The second kappa shape index (κ2) is 5.54. The third-order valence-electron chi connectivity index (χ3n) is 2.27. The van der Waals surface area contributed by atoms with Crippen LogP contribution in [0.2, 0.25) is 0 Å². The van der Waals surface area contributed by atoms with Gasteiger partial charge in [0.05, 0.1) is 0 Å². The van der Waals surface area contributed by atoms with Gasteiger partial charge in [-0.25, -0.2) is 4.98 Å². The van der Waals surface area contributed by atoms with Crippen molar-refractivity contribution < 1.29 is 4.52 Å². The van der Waals surface area contributed by atoms with E-state index in [1.54, 1.807) is 13.1 Å². The van der Waals surface area contributed by atoms with E-state index in [9.17, 15) is 0 Å². The molecule has 0 aliphatic heterocycles. The Bertz CT molecular complexity index is 537. The van der Waals surface area contributed by atoms with Crippen LogP contribution in [0.25, 0.3) is 0 Å². The van der Waals surface area contributed by atoms with Crippen molar-refractivity contribution in [1.29, 1.82) is 0 Å². The summed E-state index contributed by atoms with van der Waals surface area (Å²) < 4.78 is 4.88. The SMILES string of the molecule is Cc1nc(CCNc2ccc(C(N)=S)cn2)no1. The molecule has 2 aromatic heterocycles. The van der Waals surface area contributed by atoms with Gasteiger partial charge in [-0.15, -0.1) is 0 Å². The Balaban J connectivity index is 1.85. The van der Waals surface area contributed by atoms with Crippen LogP contribution in [0.3, 0.4) is 0 Å². The van der Waals surface area contributed by atoms with Gasteiger partial charge in [-0.3, -0.25) is 0 Å². The first-order valence-electron chi connectivity index (χ1n) is 5.44. The standard InChI is InChI=1S/C11H13N5OS/c1-7-15-10(16-17-7)4-5-13-9-3-2-8(6-14-9)11(12)18/h2-3,6H,4-5H2,1H3,(H2,12,18)(H,13,14). The predicted molar refractivity (Wildman–Crippen MR) is 71.4 cm³/mol. The summed E-state index contributed by atoms with van der Waals surface area (Å²) in [6.07, 6.45) is 2.32. The highest BCUT2D eigenvalue weighted by molar-refractivity contribution is 7.80. The van der Waals surface area contributed by atoms with Gasteiger partial charge in [-0.2, -0.15) is 4.98 Å². The van der Waals surface area contributed by atoms with Gasteiger partial charge < -0.3 is 15.6 Å². The summed E-state index contributed by atoms with van der Waals surface area (Å²) in [6, 6.07) is 3.66. The summed E-state index contributed by atoms with van der Waals surface area (Å²) in [4.78, 5) is 8.64. The Morgan fingerprint density at radius 3 is 2.89 bits per heavy atom. The lowest BCUT2D eigenvalue weighted by Crippen LogP contribution is -2.11. The minimum Gasteiger partial charge on any atom is -0.389 e. The number of thiocarbonyl (C=S) groups is 1. The average molecular weight is 263 g/mol. The fourth-order valence-electron chi connectivity index (χ4n) is 1.39. The van der Waals surface area contributed by atoms with E-state index in [1.807, 2.05) is 12.1 Å². The van der Waals surface area contributed by atoms with Crippen molar-refractivity contribution in [1.82, 2.24) is 15.1 Å². The van der Waals surface area contributed by atoms with Crippen molar-refractivity contribution in [2.45, 2.75) is 13.3 Å². The molecule has 0 unspecified atom stereocenters. The van der Waals surface area contributed by atoms with Crippen LogP contribution in [-0.2, 0) is 6.42 Å². The van der Waals surface area contributed by atoms with Crippen LogP contribution in [0.1, 0.15) is 17.3 Å². The Kier molecular flexibility index (Phi) is 3.83. The van der Waals surface area contributed by atoms with Crippen LogP contribution in [0.15, 0.2) is 22.9 Å². The largest absolute Gasteiger partial charge is 0.389 e. The number of hydrogen-bond acceptors (Lipinski definition) is 6. The molecule has 0 aliphatic rings. The molecule has 18 heavy (non-hydrogen) atoms. The maximum Gasteiger partial charge on any atom is 0.223 e. The van der Waals surface area contributed by atoms with Gasteiger partial charge in [-0.05, 0) is 12.1 Å². The van der Waals surface area contributed by atoms with Crippen LogP contribution < -0.4 is 11.1 Å². The number of rotatable bonds is 5. The molecule has 0 amide bonds. The van der Waals surface area contributed by atoms with Gasteiger partial charge >= 0.3 is 0 Å². The fourth-order valence-corrected chi connectivity index (χ4v) is 1.51. The molecule has 0 saturated carbocycles. The van der Waals surface area contributed by atoms with E-state index < -0.39 is 0 Å². The molecule has 0 radical (unpaired) electrons. The third-order valence-corrected chi connectivity index (χ3v) is 2.51. The summed E-state index contributed by atoms with van der Waals surface area (Å²) in [5.74, 6) is 2.01. The molecular formula is C11H13N5OS. The van der Waals surface area contributed by atoms with E-state index in [2.05, 4.69) is 20.4 Å². The zero-order chi connectivity index (χ0) is 13.0. The smallest absolute Gasteiger partial charge is 0.223 e. The first kappa shape index (κ1) is 12.4. The van der Waals surface area contributed by atoms with Crippen molar-refractivity contribution in [2.24, 2.45) is 5.73 Å². The first-order chi connectivity index (χ1) is 8.65. The zero-order valence-electron chi connectivity index (χ0n) is 9.88. The quantitative estimate of drug-likeness (QED) is 0.779. The highest BCUT2D eigenvalue weighted by Gasteiger charge is 2.02. The number of pyridine rings is 1. The van der Waals surface area contributed by atoms with Gasteiger partial charge in [0.1, 0.15) is 10.8 Å². The molecule has 3 N–H and O–H groups in total. The number of anilines is 1. The molecule has 2 rings (SSSR count). The highest BCUT2D eigenvalue weighted by Crippen LogP contribution is 2.05. The molecule has 2 heterocycles. The van der Waals surface area contributed by atoms with Crippen LogP contribution in [0.5, 0.6) is 0 Å². The Labute approximate surface area is 110 Å². The Morgan fingerprint density at radius 2 is 2.33 bits per heavy atom. The number of hydrogen-bond donors (Lipinski definition) is 2. The maximum atomic E-state index is 5.49. The Hall–Kier alpha value is -2.02. The second-order valence-corrected chi connectivity index (χ2v) is 4.14. The van der Waals surface area contributed by atoms with Crippen molar-refractivity contribution in [3.63, 3.8) is 0 Å². The van der Waals surface area contributed by atoms with Gasteiger partial charge in [0.25, 0.3) is 0 Å². The highest BCUT2D eigenvalue weighted by atomic mass is 32.1. The van der Waals surface area contributed by atoms with E-state index in [0.717, 1.165) is 11.4 Å². The normalized spacial score (nSPS) is 10.3. The van der Waals surface area contributed by atoms with Crippen LogP contribution >= 0.6 is 12.2 Å². The van der Waals surface area contributed by atoms with Gasteiger partial charge in [-0.1, -0.05) is 17.4 Å². The predicted octanol–water partition coefficient (Wildman–Crippen LogP) is 1.06. The summed E-state index contributed by atoms with van der Waals surface area (Å²) in [5.41, 5.74) is 6.24. The lowest BCUT2D eigenvalue weighted by Gasteiger charge is -2.04. The molecule has 0 fully saturated rings. The number of aryl methyl sites for hydroxylation is 1. The van der Waals surface area contributed by atoms with E-state index in [-0.39, 0.29) is 0 Å². The van der Waals surface area contributed by atoms with Crippen molar-refractivity contribution in [2.75, 3.05) is 11.9 Å². The summed E-state index contributed by atoms with van der Waals surface area (Å²) in [5, 5.41) is 6.96. The second-order valence-electron chi connectivity index (χ2n) is 3.70. The van der Waals surface area contributed by atoms with Gasteiger partial charge in [0.15, 0.2) is 5.82 Å². The molecule has 0 bridgehead atoms. The monoisotopic (exact) mass is 263 g/mol. The summed E-state index contributed by atoms with van der Waals surface area (Å²) >= 11 is 4.85. The minimum absolute atomic E-state index is 0.344. The van der Waals surface area contributed by atoms with Crippen molar-refractivity contribution in [3.8, 4) is 0 Å². The van der Waals surface area contributed by atoms with Gasteiger partial charge in [0, 0.05) is 31.6 Å². The van der Waals surface area contributed by atoms with E-state index in [0.29, 0.717) is 29.7 Å². The third kappa shape index (κ3) is 3.24. The molecule has 0 saturated heterocycles. The first-order valence-corrected chi connectivity index (χ1v) is 5.85. The summed E-state index contributed by atoms with van der Waals surface area (Å²) in [7, 11) is 0. The van der Waals surface area contributed by atoms with Crippen LogP contribution in [0.4, 0.5) is 5.82 Å². The molecule has 7 heteroatoms. The molecule has 0 aromatic carbocycles.